The smallest absolute Gasteiger partial charge is 0.286 e. The second kappa shape index (κ2) is 10.3. The minimum atomic E-state index is -0.349. The van der Waals surface area contributed by atoms with E-state index in [9.17, 15) is 14.4 Å². The van der Waals surface area contributed by atoms with Gasteiger partial charge in [0.25, 0.3) is 5.24 Å². The quantitative estimate of drug-likeness (QED) is 0.602. The Balaban J connectivity index is 1.34. The zero-order valence-electron chi connectivity index (χ0n) is 18.5. The third-order valence-corrected chi connectivity index (χ3v) is 7.47. The summed E-state index contributed by atoms with van der Waals surface area (Å²) < 4.78 is 0. The fourth-order valence-electron chi connectivity index (χ4n) is 4.60. The molecule has 1 saturated carbocycles. The third kappa shape index (κ3) is 5.80. The van der Waals surface area contributed by atoms with E-state index < -0.39 is 0 Å². The van der Waals surface area contributed by atoms with Crippen molar-refractivity contribution in [2.75, 3.05) is 7.05 Å². The first-order chi connectivity index (χ1) is 15.5. The van der Waals surface area contributed by atoms with Crippen LogP contribution in [0.3, 0.4) is 0 Å². The maximum Gasteiger partial charge on any atom is 0.286 e. The zero-order chi connectivity index (χ0) is 22.5. The van der Waals surface area contributed by atoms with Crippen molar-refractivity contribution in [3.8, 4) is 11.1 Å². The molecule has 5 nitrogen and oxygen atoms in total. The van der Waals surface area contributed by atoms with Crippen molar-refractivity contribution in [3.63, 3.8) is 0 Å². The van der Waals surface area contributed by atoms with Gasteiger partial charge >= 0.3 is 0 Å². The van der Waals surface area contributed by atoms with Crippen LogP contribution in [0.1, 0.15) is 49.7 Å². The van der Waals surface area contributed by atoms with Gasteiger partial charge in [0.2, 0.25) is 11.8 Å². The Bertz CT molecular complexity index is 983. The molecular weight excluding hydrogens is 420 g/mol. The highest BCUT2D eigenvalue weighted by molar-refractivity contribution is 8.15. The van der Waals surface area contributed by atoms with Crippen LogP contribution in [0, 0.1) is 5.92 Å². The van der Waals surface area contributed by atoms with Crippen LogP contribution in [0.15, 0.2) is 48.5 Å². The number of hydrogen-bond acceptors (Lipinski definition) is 4. The minimum absolute atomic E-state index is 0.210. The molecule has 1 atom stereocenters. The van der Waals surface area contributed by atoms with Gasteiger partial charge in [0.05, 0.1) is 5.25 Å². The number of benzene rings is 2. The molecule has 2 aliphatic rings. The van der Waals surface area contributed by atoms with Gasteiger partial charge in [0.1, 0.15) is 0 Å². The molecule has 6 heteroatoms. The lowest BCUT2D eigenvalue weighted by atomic mass is 10.00. The molecule has 168 valence electrons. The first kappa shape index (κ1) is 22.6. The summed E-state index contributed by atoms with van der Waals surface area (Å²) in [7, 11) is 1.89. The Labute approximate surface area is 194 Å². The fraction of sp³-hybridized carbons (Fsp3) is 0.423. The number of carbonyl (C=O) groups excluding carboxylic acids is 3. The van der Waals surface area contributed by atoms with E-state index in [1.807, 2.05) is 42.3 Å². The summed E-state index contributed by atoms with van der Waals surface area (Å²) in [6.07, 6.45) is 7.39. The summed E-state index contributed by atoms with van der Waals surface area (Å²) in [5.41, 5.74) is 4.33. The molecule has 0 radical (unpaired) electrons. The predicted molar refractivity (Wildman–Crippen MR) is 128 cm³/mol. The van der Waals surface area contributed by atoms with Crippen LogP contribution in [0.4, 0.5) is 4.79 Å². The molecule has 1 aliphatic carbocycles. The highest BCUT2D eigenvalue weighted by Crippen LogP contribution is 2.29. The molecule has 0 aromatic heterocycles. The molecule has 1 aliphatic heterocycles. The number of carbonyl (C=O) groups is 3. The molecule has 4 rings (SSSR count). The van der Waals surface area contributed by atoms with Gasteiger partial charge < -0.3 is 4.90 Å². The van der Waals surface area contributed by atoms with Crippen LogP contribution in [0.2, 0.25) is 0 Å². The van der Waals surface area contributed by atoms with E-state index in [2.05, 4.69) is 23.5 Å². The molecule has 1 saturated heterocycles. The van der Waals surface area contributed by atoms with Crippen molar-refractivity contribution in [2.45, 2.75) is 56.7 Å². The lowest BCUT2D eigenvalue weighted by Crippen LogP contribution is -2.26. The number of nitrogens with one attached hydrogen (secondary N) is 1. The van der Waals surface area contributed by atoms with Crippen molar-refractivity contribution in [1.82, 2.24) is 10.2 Å². The predicted octanol–water partition coefficient (Wildman–Crippen LogP) is 5.18. The first-order valence-electron chi connectivity index (χ1n) is 11.4. The Kier molecular flexibility index (Phi) is 7.30. The van der Waals surface area contributed by atoms with Crippen molar-refractivity contribution < 1.29 is 14.4 Å². The molecule has 1 unspecified atom stereocenters. The van der Waals surface area contributed by atoms with Crippen molar-refractivity contribution in [1.29, 1.82) is 0 Å². The lowest BCUT2D eigenvalue weighted by molar-refractivity contribution is -0.130. The Hall–Kier alpha value is -2.60. The summed E-state index contributed by atoms with van der Waals surface area (Å²) >= 11 is 1.06. The van der Waals surface area contributed by atoms with E-state index in [1.165, 1.54) is 25.7 Å². The summed E-state index contributed by atoms with van der Waals surface area (Å²) in [4.78, 5) is 37.5. The average Bonchev–Trinajstić information content (AvgIpc) is 3.42. The Morgan fingerprint density at radius 3 is 2.47 bits per heavy atom. The normalized spacial score (nSPS) is 18.7. The number of rotatable bonds is 8. The lowest BCUT2D eigenvalue weighted by Gasteiger charge is -2.19. The molecule has 2 fully saturated rings. The molecule has 2 aromatic carbocycles. The molecule has 0 bridgehead atoms. The second-order valence-electron chi connectivity index (χ2n) is 8.92. The highest BCUT2D eigenvalue weighted by Gasteiger charge is 2.31. The van der Waals surface area contributed by atoms with Gasteiger partial charge in [-0.3, -0.25) is 19.7 Å². The molecular formula is C26H30N2O3S. The van der Waals surface area contributed by atoms with Crippen molar-refractivity contribution >= 4 is 28.8 Å². The summed E-state index contributed by atoms with van der Waals surface area (Å²) in [5, 5.41) is 1.72. The van der Waals surface area contributed by atoms with Crippen LogP contribution in [-0.2, 0) is 22.6 Å². The Morgan fingerprint density at radius 1 is 1.03 bits per heavy atom. The standard InChI is InChI=1S/C26H30N2O3S/c1-28(24(29)14-11-18-5-2-3-6-18)17-20-7-4-8-22(15-20)21-12-9-19(10-13-21)16-23-25(30)27-26(31)32-23/h4,7-10,12-13,15,18,23H,2-3,5-6,11,14,16-17H2,1H3,(H,27,30,31). The van der Waals surface area contributed by atoms with Gasteiger partial charge in [-0.15, -0.1) is 0 Å². The summed E-state index contributed by atoms with van der Waals surface area (Å²) in [6.45, 7) is 0.609. The molecule has 32 heavy (non-hydrogen) atoms. The van der Waals surface area contributed by atoms with Crippen molar-refractivity contribution in [3.05, 3.63) is 59.7 Å². The van der Waals surface area contributed by atoms with Crippen LogP contribution >= 0.6 is 11.8 Å². The molecule has 0 spiro atoms. The monoisotopic (exact) mass is 450 g/mol. The molecule has 2 aromatic rings. The van der Waals surface area contributed by atoms with Gasteiger partial charge in [0, 0.05) is 20.0 Å². The van der Waals surface area contributed by atoms with Crippen LogP contribution < -0.4 is 5.32 Å². The average molecular weight is 451 g/mol. The van der Waals surface area contributed by atoms with Gasteiger partial charge in [-0.05, 0) is 47.1 Å². The van der Waals surface area contributed by atoms with E-state index >= 15 is 0 Å². The number of hydrogen-bond donors (Lipinski definition) is 1. The highest BCUT2D eigenvalue weighted by atomic mass is 32.2. The summed E-state index contributed by atoms with van der Waals surface area (Å²) in [5.74, 6) is 0.749. The fourth-order valence-corrected chi connectivity index (χ4v) is 5.46. The van der Waals surface area contributed by atoms with Crippen LogP contribution in [-0.4, -0.2) is 34.3 Å². The maximum absolute atomic E-state index is 12.6. The topological polar surface area (TPSA) is 66.5 Å². The third-order valence-electron chi connectivity index (χ3n) is 6.49. The Morgan fingerprint density at radius 2 is 1.78 bits per heavy atom. The summed E-state index contributed by atoms with van der Waals surface area (Å²) in [6, 6.07) is 16.4. The van der Waals surface area contributed by atoms with E-state index in [-0.39, 0.29) is 22.3 Å². The second-order valence-corrected chi connectivity index (χ2v) is 10.1. The first-order valence-corrected chi connectivity index (χ1v) is 12.3. The van der Waals surface area contributed by atoms with Gasteiger partial charge in [-0.25, -0.2) is 0 Å². The maximum atomic E-state index is 12.6. The SMILES string of the molecule is CN(Cc1cccc(-c2ccc(CC3SC(=O)NC3=O)cc2)c1)C(=O)CCC1CCCC1. The zero-order valence-corrected chi connectivity index (χ0v) is 19.3. The molecule has 3 amide bonds. The van der Waals surface area contributed by atoms with E-state index in [4.69, 9.17) is 0 Å². The number of thioether (sulfide) groups is 1. The van der Waals surface area contributed by atoms with Crippen LogP contribution in [0.25, 0.3) is 11.1 Å². The number of amides is 3. The largest absolute Gasteiger partial charge is 0.341 e. The van der Waals surface area contributed by atoms with E-state index in [0.717, 1.165) is 46.4 Å². The number of nitrogens with zero attached hydrogens (tertiary/aromatic N) is 1. The number of imide groups is 1. The van der Waals surface area contributed by atoms with E-state index in [1.54, 1.807) is 0 Å². The van der Waals surface area contributed by atoms with Crippen molar-refractivity contribution in [2.24, 2.45) is 5.92 Å². The van der Waals surface area contributed by atoms with Gasteiger partial charge in [-0.2, -0.15) is 0 Å². The van der Waals surface area contributed by atoms with E-state index in [0.29, 0.717) is 19.4 Å². The van der Waals surface area contributed by atoms with Gasteiger partial charge in [-0.1, -0.05) is 79.9 Å². The molecule has 1 heterocycles. The van der Waals surface area contributed by atoms with Gasteiger partial charge in [0.15, 0.2) is 0 Å². The van der Waals surface area contributed by atoms with Crippen LogP contribution in [0.5, 0.6) is 0 Å². The molecule has 1 N–H and O–H groups in total. The minimum Gasteiger partial charge on any atom is -0.341 e.